The first kappa shape index (κ1) is 9.95. The van der Waals surface area contributed by atoms with Crippen LogP contribution in [0.2, 0.25) is 0 Å². The van der Waals surface area contributed by atoms with Crippen LogP contribution in [0.4, 0.5) is 5.95 Å². The molecule has 2 rings (SSSR count). The van der Waals surface area contributed by atoms with Crippen LogP contribution in [-0.4, -0.2) is 26.3 Å². The van der Waals surface area contributed by atoms with Gasteiger partial charge in [0.05, 0.1) is 5.92 Å². The van der Waals surface area contributed by atoms with Gasteiger partial charge in [0.1, 0.15) is 5.82 Å². The Morgan fingerprint density at radius 1 is 1.60 bits per heavy atom. The highest BCUT2D eigenvalue weighted by molar-refractivity contribution is 5.71. The highest BCUT2D eigenvalue weighted by Gasteiger charge is 2.39. The molecule has 1 aliphatic carbocycles. The number of anilines is 1. The minimum Gasteiger partial charge on any atom is -0.481 e. The second-order valence-electron chi connectivity index (χ2n) is 4.21. The summed E-state index contributed by atoms with van der Waals surface area (Å²) in [7, 11) is 0. The largest absolute Gasteiger partial charge is 0.481 e. The van der Waals surface area contributed by atoms with Gasteiger partial charge in [0, 0.05) is 5.92 Å². The van der Waals surface area contributed by atoms with E-state index >= 15 is 0 Å². The Kier molecular flexibility index (Phi) is 2.34. The van der Waals surface area contributed by atoms with Crippen molar-refractivity contribution in [3.8, 4) is 0 Å². The maximum absolute atomic E-state index is 11.0. The van der Waals surface area contributed by atoms with Crippen molar-refractivity contribution in [3.63, 3.8) is 0 Å². The Balaban J connectivity index is 2.24. The molecule has 0 radical (unpaired) electrons. The first-order chi connectivity index (χ1) is 7.08. The fourth-order valence-corrected chi connectivity index (χ4v) is 2.32. The van der Waals surface area contributed by atoms with Gasteiger partial charge in [0.2, 0.25) is 5.95 Å². The van der Waals surface area contributed by atoms with Crippen molar-refractivity contribution in [2.45, 2.75) is 25.7 Å². The van der Waals surface area contributed by atoms with Crippen molar-refractivity contribution < 1.29 is 9.90 Å². The van der Waals surface area contributed by atoms with Crippen molar-refractivity contribution in [3.05, 3.63) is 5.82 Å². The summed E-state index contributed by atoms with van der Waals surface area (Å²) in [5, 5.41) is 15.5. The molecule has 0 aliphatic heterocycles. The molecular weight excluding hydrogens is 196 g/mol. The van der Waals surface area contributed by atoms with E-state index in [1.165, 1.54) is 0 Å². The molecule has 4 N–H and O–H groups in total. The van der Waals surface area contributed by atoms with Gasteiger partial charge in [-0.15, -0.1) is 5.10 Å². The molecule has 1 aromatic heterocycles. The predicted octanol–water partition coefficient (Wildman–Crippen LogP) is 0.601. The van der Waals surface area contributed by atoms with Gasteiger partial charge in [-0.05, 0) is 18.8 Å². The molecule has 1 fully saturated rings. The van der Waals surface area contributed by atoms with Crippen LogP contribution in [0.15, 0.2) is 0 Å². The normalized spacial score (nSPS) is 30.6. The van der Waals surface area contributed by atoms with E-state index in [4.69, 9.17) is 10.8 Å². The highest BCUT2D eigenvalue weighted by atomic mass is 16.4. The van der Waals surface area contributed by atoms with Crippen LogP contribution in [0.5, 0.6) is 0 Å². The van der Waals surface area contributed by atoms with Crippen molar-refractivity contribution in [1.82, 2.24) is 15.2 Å². The fourth-order valence-electron chi connectivity index (χ4n) is 2.32. The first-order valence-corrected chi connectivity index (χ1v) is 4.98. The van der Waals surface area contributed by atoms with E-state index in [1.807, 2.05) is 0 Å². The van der Waals surface area contributed by atoms with Crippen LogP contribution >= 0.6 is 0 Å². The minimum absolute atomic E-state index is 0.0812. The molecule has 0 spiro atoms. The number of nitrogens with one attached hydrogen (secondary N) is 1. The maximum Gasteiger partial charge on any atom is 0.307 e. The summed E-state index contributed by atoms with van der Waals surface area (Å²) in [6, 6.07) is 0. The van der Waals surface area contributed by atoms with E-state index in [0.717, 1.165) is 6.42 Å². The van der Waals surface area contributed by atoms with Crippen molar-refractivity contribution in [2.75, 3.05) is 5.73 Å². The second-order valence-corrected chi connectivity index (χ2v) is 4.21. The van der Waals surface area contributed by atoms with Gasteiger partial charge in [-0.2, -0.15) is 4.98 Å². The van der Waals surface area contributed by atoms with E-state index in [-0.39, 0.29) is 17.8 Å². The number of carbonyl (C=O) groups is 1. The lowest BCUT2D eigenvalue weighted by molar-refractivity contribution is -0.142. The van der Waals surface area contributed by atoms with E-state index in [1.54, 1.807) is 0 Å². The van der Waals surface area contributed by atoms with Crippen molar-refractivity contribution in [2.24, 2.45) is 11.8 Å². The maximum atomic E-state index is 11.0. The molecule has 82 valence electrons. The quantitative estimate of drug-likeness (QED) is 0.663. The molecule has 1 aliphatic rings. The van der Waals surface area contributed by atoms with Gasteiger partial charge in [-0.3, -0.25) is 9.89 Å². The van der Waals surface area contributed by atoms with Crippen LogP contribution in [0.1, 0.15) is 31.5 Å². The molecule has 6 heteroatoms. The number of aliphatic carboxylic acids is 1. The van der Waals surface area contributed by atoms with Crippen molar-refractivity contribution in [1.29, 1.82) is 0 Å². The molecule has 6 nitrogen and oxygen atoms in total. The first-order valence-electron chi connectivity index (χ1n) is 4.98. The third-order valence-electron chi connectivity index (χ3n) is 2.99. The number of nitrogen functional groups attached to an aromatic ring is 1. The summed E-state index contributed by atoms with van der Waals surface area (Å²) in [5.74, 6) is -0.0330. The molecule has 1 aromatic rings. The number of rotatable bonds is 2. The van der Waals surface area contributed by atoms with Crippen LogP contribution in [0, 0.1) is 11.8 Å². The van der Waals surface area contributed by atoms with Gasteiger partial charge in [-0.25, -0.2) is 0 Å². The average molecular weight is 210 g/mol. The van der Waals surface area contributed by atoms with Gasteiger partial charge in [0.15, 0.2) is 0 Å². The number of nitrogens with zero attached hydrogens (tertiary/aromatic N) is 2. The summed E-state index contributed by atoms with van der Waals surface area (Å²) in [4.78, 5) is 15.1. The van der Waals surface area contributed by atoms with Gasteiger partial charge < -0.3 is 10.8 Å². The zero-order valence-corrected chi connectivity index (χ0v) is 8.47. The van der Waals surface area contributed by atoms with Gasteiger partial charge in [0.25, 0.3) is 0 Å². The molecule has 3 atom stereocenters. The number of nitrogens with two attached hydrogens (primary N) is 1. The lowest BCUT2D eigenvalue weighted by Crippen LogP contribution is -2.17. The van der Waals surface area contributed by atoms with E-state index in [9.17, 15) is 4.79 Å². The summed E-state index contributed by atoms with van der Waals surface area (Å²) in [6.07, 6.45) is 1.52. The summed E-state index contributed by atoms with van der Waals surface area (Å²) in [5.41, 5.74) is 5.40. The average Bonchev–Trinajstić information content (AvgIpc) is 2.71. The van der Waals surface area contributed by atoms with Gasteiger partial charge in [-0.1, -0.05) is 6.92 Å². The Bertz CT molecular complexity index is 376. The molecule has 0 bridgehead atoms. The zero-order chi connectivity index (χ0) is 11.0. The monoisotopic (exact) mass is 210 g/mol. The highest BCUT2D eigenvalue weighted by Crippen LogP contribution is 2.41. The number of H-pyrrole nitrogens is 1. The minimum atomic E-state index is -0.765. The lowest BCUT2D eigenvalue weighted by atomic mass is 9.96. The molecular formula is C9H14N4O2. The molecule has 0 saturated heterocycles. The lowest BCUT2D eigenvalue weighted by Gasteiger charge is -2.11. The van der Waals surface area contributed by atoms with E-state index in [0.29, 0.717) is 18.2 Å². The number of carboxylic acids is 1. The predicted molar refractivity (Wildman–Crippen MR) is 53.1 cm³/mol. The molecule has 1 saturated carbocycles. The van der Waals surface area contributed by atoms with Crippen LogP contribution in [-0.2, 0) is 4.79 Å². The van der Waals surface area contributed by atoms with E-state index in [2.05, 4.69) is 22.1 Å². The summed E-state index contributed by atoms with van der Waals surface area (Å²) >= 11 is 0. The Hall–Kier alpha value is -1.59. The van der Waals surface area contributed by atoms with Crippen molar-refractivity contribution >= 4 is 11.9 Å². The molecule has 1 heterocycles. The topological polar surface area (TPSA) is 105 Å². The fraction of sp³-hybridized carbons (Fsp3) is 0.667. The number of aromatic amines is 1. The molecule has 0 amide bonds. The third-order valence-corrected chi connectivity index (χ3v) is 2.99. The molecule has 15 heavy (non-hydrogen) atoms. The smallest absolute Gasteiger partial charge is 0.307 e. The number of hydrogen-bond acceptors (Lipinski definition) is 4. The molecule has 0 aromatic carbocycles. The molecule has 3 unspecified atom stereocenters. The number of aromatic nitrogens is 3. The second kappa shape index (κ2) is 3.52. The standard InChI is InChI=1S/C9H14N4O2/c1-4-2-5(6(3-4)8(14)15)7-11-9(10)13-12-7/h4-6H,2-3H2,1H3,(H,14,15)(H3,10,11,12,13). The van der Waals surface area contributed by atoms with Crippen LogP contribution in [0.25, 0.3) is 0 Å². The Morgan fingerprint density at radius 3 is 2.87 bits per heavy atom. The number of carboxylic acid groups (broad SMARTS) is 1. The van der Waals surface area contributed by atoms with Crippen LogP contribution < -0.4 is 5.73 Å². The Labute approximate surface area is 86.9 Å². The Morgan fingerprint density at radius 2 is 2.33 bits per heavy atom. The summed E-state index contributed by atoms with van der Waals surface area (Å²) < 4.78 is 0. The summed E-state index contributed by atoms with van der Waals surface area (Å²) in [6.45, 7) is 2.05. The zero-order valence-electron chi connectivity index (χ0n) is 8.47. The van der Waals surface area contributed by atoms with Gasteiger partial charge >= 0.3 is 5.97 Å². The third kappa shape index (κ3) is 1.79. The SMILES string of the molecule is CC1CC(C(=O)O)C(c2nc(N)n[nH]2)C1. The van der Waals surface area contributed by atoms with Crippen LogP contribution in [0.3, 0.4) is 0 Å². The number of hydrogen-bond donors (Lipinski definition) is 3. The van der Waals surface area contributed by atoms with E-state index < -0.39 is 5.97 Å².